The molecule has 0 bridgehead atoms. The van der Waals surface area contributed by atoms with Crippen molar-refractivity contribution in [1.29, 1.82) is 0 Å². The van der Waals surface area contributed by atoms with E-state index in [4.69, 9.17) is 4.74 Å². The summed E-state index contributed by atoms with van der Waals surface area (Å²) in [5.41, 5.74) is 0.827. The standard InChI is InChI=1S/C17H22N6O2/c1-12-10-14(22-17-18-7-5-8-19-17)21-16(20-12)13-6-3-4-9-23(13)15(24)11-25-2/h5,7-8,10,13H,3-4,6,9,11H2,1-2H3,(H,18,19,20,21,22). The highest BCUT2D eigenvalue weighted by Crippen LogP contribution is 2.30. The van der Waals surface area contributed by atoms with E-state index in [0.717, 1.165) is 25.0 Å². The largest absolute Gasteiger partial charge is 0.375 e. The maximum Gasteiger partial charge on any atom is 0.249 e. The van der Waals surface area contributed by atoms with E-state index in [1.165, 1.54) is 7.11 Å². The zero-order chi connectivity index (χ0) is 17.6. The van der Waals surface area contributed by atoms with Gasteiger partial charge in [0.1, 0.15) is 12.4 Å². The second-order valence-corrected chi connectivity index (χ2v) is 5.98. The SMILES string of the molecule is COCC(=O)N1CCCCC1c1nc(C)cc(Nc2ncccn2)n1. The van der Waals surface area contributed by atoms with Crippen LogP contribution in [0.25, 0.3) is 0 Å². The predicted octanol–water partition coefficient (Wildman–Crippen LogP) is 2.02. The summed E-state index contributed by atoms with van der Waals surface area (Å²) in [6.45, 7) is 2.69. The molecule has 1 saturated heterocycles. The van der Waals surface area contributed by atoms with Gasteiger partial charge >= 0.3 is 0 Å². The fraction of sp³-hybridized carbons (Fsp3) is 0.471. The molecule has 3 heterocycles. The highest BCUT2D eigenvalue weighted by molar-refractivity contribution is 5.78. The Morgan fingerprint density at radius 3 is 2.88 bits per heavy atom. The summed E-state index contributed by atoms with van der Waals surface area (Å²) in [5.74, 6) is 1.71. The average Bonchev–Trinajstić information content (AvgIpc) is 2.62. The fourth-order valence-corrected chi connectivity index (χ4v) is 2.99. The topological polar surface area (TPSA) is 93.1 Å². The Kier molecular flexibility index (Phi) is 5.49. The van der Waals surface area contributed by atoms with Gasteiger partial charge in [0, 0.05) is 37.8 Å². The maximum absolute atomic E-state index is 12.4. The van der Waals surface area contributed by atoms with Crippen LogP contribution < -0.4 is 5.32 Å². The van der Waals surface area contributed by atoms with E-state index in [1.807, 2.05) is 17.9 Å². The van der Waals surface area contributed by atoms with Gasteiger partial charge in [0.15, 0.2) is 5.82 Å². The number of piperidine rings is 1. The van der Waals surface area contributed by atoms with Gasteiger partial charge in [0.25, 0.3) is 0 Å². The Bertz CT molecular complexity index is 724. The molecule has 0 aliphatic carbocycles. The number of nitrogens with one attached hydrogen (secondary N) is 1. The number of likely N-dealkylation sites (tertiary alicyclic amines) is 1. The number of anilines is 2. The van der Waals surface area contributed by atoms with Crippen LogP contribution in [0, 0.1) is 6.92 Å². The average molecular weight is 342 g/mol. The number of rotatable bonds is 5. The Labute approximate surface area is 146 Å². The van der Waals surface area contributed by atoms with Gasteiger partial charge < -0.3 is 15.0 Å². The molecule has 0 aromatic carbocycles. The van der Waals surface area contributed by atoms with Crippen LogP contribution >= 0.6 is 0 Å². The molecule has 1 fully saturated rings. The van der Waals surface area contributed by atoms with Gasteiger partial charge in [-0.1, -0.05) is 0 Å². The van der Waals surface area contributed by atoms with E-state index >= 15 is 0 Å². The number of hydrogen-bond acceptors (Lipinski definition) is 7. The molecule has 8 nitrogen and oxygen atoms in total. The normalized spacial score (nSPS) is 17.4. The monoisotopic (exact) mass is 342 g/mol. The summed E-state index contributed by atoms with van der Waals surface area (Å²) in [7, 11) is 1.53. The van der Waals surface area contributed by atoms with Crippen molar-refractivity contribution in [2.24, 2.45) is 0 Å². The lowest BCUT2D eigenvalue weighted by Gasteiger charge is -2.34. The molecular weight excluding hydrogens is 320 g/mol. The highest BCUT2D eigenvalue weighted by atomic mass is 16.5. The minimum atomic E-state index is -0.131. The minimum absolute atomic E-state index is 0.0294. The molecule has 1 aliphatic heterocycles. The summed E-state index contributed by atoms with van der Waals surface area (Å²) < 4.78 is 5.01. The van der Waals surface area contributed by atoms with Crippen molar-refractivity contribution in [3.05, 3.63) is 36.0 Å². The first kappa shape index (κ1) is 17.2. The molecule has 0 spiro atoms. The number of ether oxygens (including phenoxy) is 1. The Morgan fingerprint density at radius 1 is 1.32 bits per heavy atom. The Morgan fingerprint density at radius 2 is 2.12 bits per heavy atom. The first-order valence-corrected chi connectivity index (χ1v) is 8.35. The Balaban J connectivity index is 1.86. The van der Waals surface area contributed by atoms with Crippen molar-refractivity contribution < 1.29 is 9.53 Å². The van der Waals surface area contributed by atoms with Crippen molar-refractivity contribution in [2.75, 3.05) is 25.6 Å². The van der Waals surface area contributed by atoms with Crippen LogP contribution in [0.4, 0.5) is 11.8 Å². The van der Waals surface area contributed by atoms with Gasteiger partial charge in [0.05, 0.1) is 6.04 Å². The van der Waals surface area contributed by atoms with E-state index in [-0.39, 0.29) is 18.6 Å². The lowest BCUT2D eigenvalue weighted by Crippen LogP contribution is -2.41. The van der Waals surface area contributed by atoms with E-state index in [1.54, 1.807) is 18.5 Å². The fourth-order valence-electron chi connectivity index (χ4n) is 2.99. The third-order valence-electron chi connectivity index (χ3n) is 4.07. The van der Waals surface area contributed by atoms with Crippen molar-refractivity contribution in [3.8, 4) is 0 Å². The van der Waals surface area contributed by atoms with Crippen LogP contribution in [0.15, 0.2) is 24.5 Å². The van der Waals surface area contributed by atoms with E-state index in [2.05, 4.69) is 25.3 Å². The molecule has 2 aromatic heterocycles. The van der Waals surface area contributed by atoms with Crippen molar-refractivity contribution in [3.63, 3.8) is 0 Å². The molecule has 1 N–H and O–H groups in total. The van der Waals surface area contributed by atoms with E-state index in [9.17, 15) is 4.79 Å². The van der Waals surface area contributed by atoms with E-state index < -0.39 is 0 Å². The van der Waals surface area contributed by atoms with Crippen LogP contribution in [-0.2, 0) is 9.53 Å². The lowest BCUT2D eigenvalue weighted by molar-refractivity contribution is -0.139. The number of carbonyl (C=O) groups excluding carboxylic acids is 1. The number of nitrogens with zero attached hydrogens (tertiary/aromatic N) is 5. The van der Waals surface area contributed by atoms with Gasteiger partial charge in [-0.05, 0) is 32.3 Å². The van der Waals surface area contributed by atoms with Crippen molar-refractivity contribution in [2.45, 2.75) is 32.2 Å². The number of aryl methyl sites for hydroxylation is 1. The third-order valence-corrected chi connectivity index (χ3v) is 4.07. The number of carbonyl (C=O) groups is 1. The second kappa shape index (κ2) is 7.98. The van der Waals surface area contributed by atoms with Crippen LogP contribution in [0.5, 0.6) is 0 Å². The van der Waals surface area contributed by atoms with Gasteiger partial charge in [-0.2, -0.15) is 0 Å². The first-order valence-electron chi connectivity index (χ1n) is 8.35. The summed E-state index contributed by atoms with van der Waals surface area (Å²) in [6, 6.07) is 3.46. The molecular formula is C17H22N6O2. The predicted molar refractivity (Wildman–Crippen MR) is 92.3 cm³/mol. The zero-order valence-corrected chi connectivity index (χ0v) is 14.5. The third kappa shape index (κ3) is 4.27. The smallest absolute Gasteiger partial charge is 0.249 e. The number of aromatic nitrogens is 4. The van der Waals surface area contributed by atoms with Crippen molar-refractivity contribution in [1.82, 2.24) is 24.8 Å². The first-order chi connectivity index (χ1) is 12.2. The summed E-state index contributed by atoms with van der Waals surface area (Å²) >= 11 is 0. The second-order valence-electron chi connectivity index (χ2n) is 5.98. The summed E-state index contributed by atoms with van der Waals surface area (Å²) in [6.07, 6.45) is 6.21. The van der Waals surface area contributed by atoms with Gasteiger partial charge in [0.2, 0.25) is 11.9 Å². The van der Waals surface area contributed by atoms with E-state index in [0.29, 0.717) is 24.1 Å². The quantitative estimate of drug-likeness (QED) is 0.888. The van der Waals surface area contributed by atoms with Crippen LogP contribution in [0.3, 0.4) is 0 Å². The molecule has 132 valence electrons. The molecule has 0 radical (unpaired) electrons. The molecule has 2 aromatic rings. The molecule has 1 aliphatic rings. The molecule has 0 saturated carbocycles. The summed E-state index contributed by atoms with van der Waals surface area (Å²) in [5, 5.41) is 3.09. The maximum atomic E-state index is 12.4. The van der Waals surface area contributed by atoms with Crippen LogP contribution in [0.2, 0.25) is 0 Å². The molecule has 1 atom stereocenters. The number of amides is 1. The highest BCUT2D eigenvalue weighted by Gasteiger charge is 2.30. The van der Waals surface area contributed by atoms with Crippen LogP contribution in [0.1, 0.15) is 36.8 Å². The zero-order valence-electron chi connectivity index (χ0n) is 14.5. The molecule has 1 unspecified atom stereocenters. The van der Waals surface area contributed by atoms with Gasteiger partial charge in [-0.3, -0.25) is 4.79 Å². The number of hydrogen-bond donors (Lipinski definition) is 1. The van der Waals surface area contributed by atoms with Crippen LogP contribution in [-0.4, -0.2) is 51.0 Å². The molecule has 25 heavy (non-hydrogen) atoms. The summed E-state index contributed by atoms with van der Waals surface area (Å²) in [4.78, 5) is 31.6. The minimum Gasteiger partial charge on any atom is -0.375 e. The van der Waals surface area contributed by atoms with Gasteiger partial charge in [-0.15, -0.1) is 0 Å². The molecule has 3 rings (SSSR count). The molecule has 8 heteroatoms. The van der Waals surface area contributed by atoms with Crippen molar-refractivity contribution >= 4 is 17.7 Å². The van der Waals surface area contributed by atoms with Gasteiger partial charge in [-0.25, -0.2) is 19.9 Å². The lowest BCUT2D eigenvalue weighted by atomic mass is 10.0. The molecule has 1 amide bonds. The number of methoxy groups -OCH3 is 1. The Hall–Kier alpha value is -2.61.